The standard InChI is InChI=1S/C11H14N2O3S/c1-3-4-11(14)13-9-5-7-10(8-6-9)17(15,16)12-2/h3-8,12H,1-2H3,(H,13,14)/b4-3-. The summed E-state index contributed by atoms with van der Waals surface area (Å²) in [6, 6.07) is 5.92. The Labute approximate surface area is 101 Å². The van der Waals surface area contributed by atoms with Gasteiger partial charge < -0.3 is 5.32 Å². The number of sulfonamides is 1. The van der Waals surface area contributed by atoms with Crippen LogP contribution in [-0.2, 0) is 14.8 Å². The van der Waals surface area contributed by atoms with E-state index in [0.29, 0.717) is 5.69 Å². The van der Waals surface area contributed by atoms with Gasteiger partial charge in [0.1, 0.15) is 0 Å². The number of carbonyl (C=O) groups excluding carboxylic acids is 1. The molecule has 17 heavy (non-hydrogen) atoms. The van der Waals surface area contributed by atoms with Crippen LogP contribution in [-0.4, -0.2) is 21.4 Å². The first-order chi connectivity index (χ1) is 7.99. The molecule has 0 bridgehead atoms. The number of hydrogen-bond acceptors (Lipinski definition) is 3. The maximum atomic E-state index is 11.4. The predicted octanol–water partition coefficient (Wildman–Crippen LogP) is 1.11. The monoisotopic (exact) mass is 254 g/mol. The Morgan fingerprint density at radius 2 is 1.82 bits per heavy atom. The quantitative estimate of drug-likeness (QED) is 0.790. The maximum absolute atomic E-state index is 11.4. The number of benzene rings is 1. The SMILES string of the molecule is C/C=C\C(=O)Nc1ccc(S(=O)(=O)NC)cc1. The second-order valence-corrected chi connectivity index (χ2v) is 5.11. The lowest BCUT2D eigenvalue weighted by Gasteiger charge is -2.05. The van der Waals surface area contributed by atoms with Crippen molar-refractivity contribution in [3.63, 3.8) is 0 Å². The summed E-state index contributed by atoms with van der Waals surface area (Å²) in [5, 5.41) is 2.60. The van der Waals surface area contributed by atoms with Gasteiger partial charge in [-0.05, 0) is 44.3 Å². The summed E-state index contributed by atoms with van der Waals surface area (Å²) in [7, 11) is -2.09. The fourth-order valence-electron chi connectivity index (χ4n) is 1.17. The van der Waals surface area contributed by atoms with Gasteiger partial charge in [-0.25, -0.2) is 13.1 Å². The molecule has 0 aromatic heterocycles. The van der Waals surface area contributed by atoms with Gasteiger partial charge in [0.2, 0.25) is 15.9 Å². The molecule has 5 nitrogen and oxygen atoms in total. The first-order valence-electron chi connectivity index (χ1n) is 4.97. The Bertz CT molecular complexity index is 518. The van der Waals surface area contributed by atoms with Gasteiger partial charge in [-0.3, -0.25) is 4.79 Å². The van der Waals surface area contributed by atoms with Crippen LogP contribution in [0.1, 0.15) is 6.92 Å². The van der Waals surface area contributed by atoms with Crippen molar-refractivity contribution < 1.29 is 13.2 Å². The summed E-state index contributed by atoms with van der Waals surface area (Å²) in [6.45, 7) is 1.74. The lowest BCUT2D eigenvalue weighted by molar-refractivity contribution is -0.111. The zero-order valence-corrected chi connectivity index (χ0v) is 10.4. The lowest BCUT2D eigenvalue weighted by Crippen LogP contribution is -2.18. The molecule has 0 aliphatic carbocycles. The molecule has 6 heteroatoms. The van der Waals surface area contributed by atoms with Gasteiger partial charge in [0, 0.05) is 5.69 Å². The average Bonchev–Trinajstić information content (AvgIpc) is 2.30. The van der Waals surface area contributed by atoms with Crippen LogP contribution in [0.4, 0.5) is 5.69 Å². The van der Waals surface area contributed by atoms with Crippen molar-refractivity contribution in [2.45, 2.75) is 11.8 Å². The zero-order valence-electron chi connectivity index (χ0n) is 9.60. The van der Waals surface area contributed by atoms with E-state index in [1.165, 1.54) is 37.4 Å². The van der Waals surface area contributed by atoms with Gasteiger partial charge in [-0.1, -0.05) is 6.08 Å². The van der Waals surface area contributed by atoms with Gasteiger partial charge in [0.25, 0.3) is 0 Å². The van der Waals surface area contributed by atoms with Crippen LogP contribution in [0.2, 0.25) is 0 Å². The molecular formula is C11H14N2O3S. The molecule has 0 radical (unpaired) electrons. The third-order valence-corrected chi connectivity index (χ3v) is 3.45. The van der Waals surface area contributed by atoms with Crippen molar-refractivity contribution in [1.29, 1.82) is 0 Å². The Morgan fingerprint density at radius 1 is 1.24 bits per heavy atom. The van der Waals surface area contributed by atoms with Crippen LogP contribution in [0, 0.1) is 0 Å². The minimum absolute atomic E-state index is 0.157. The van der Waals surface area contributed by atoms with Crippen LogP contribution in [0.5, 0.6) is 0 Å². The second kappa shape index (κ2) is 5.60. The van der Waals surface area contributed by atoms with E-state index in [-0.39, 0.29) is 10.8 Å². The van der Waals surface area contributed by atoms with E-state index in [9.17, 15) is 13.2 Å². The summed E-state index contributed by atoms with van der Waals surface area (Å²) in [6.07, 6.45) is 3.01. The van der Waals surface area contributed by atoms with Crippen LogP contribution >= 0.6 is 0 Å². The number of anilines is 1. The first-order valence-corrected chi connectivity index (χ1v) is 6.45. The highest BCUT2D eigenvalue weighted by molar-refractivity contribution is 7.89. The number of allylic oxidation sites excluding steroid dienone is 1. The number of amides is 1. The second-order valence-electron chi connectivity index (χ2n) is 3.22. The Hall–Kier alpha value is -1.66. The summed E-state index contributed by atoms with van der Waals surface area (Å²) in [4.78, 5) is 11.4. The molecule has 1 amide bonds. The van der Waals surface area contributed by atoms with Gasteiger partial charge in [0.05, 0.1) is 4.90 Å². The van der Waals surface area contributed by atoms with E-state index < -0.39 is 10.0 Å². The molecule has 0 saturated carbocycles. The Morgan fingerprint density at radius 3 is 2.29 bits per heavy atom. The number of carbonyl (C=O) groups is 1. The average molecular weight is 254 g/mol. The molecule has 0 unspecified atom stereocenters. The van der Waals surface area contributed by atoms with E-state index in [1.54, 1.807) is 13.0 Å². The maximum Gasteiger partial charge on any atom is 0.248 e. The van der Waals surface area contributed by atoms with Crippen LogP contribution < -0.4 is 10.0 Å². The van der Waals surface area contributed by atoms with Crippen molar-refractivity contribution in [1.82, 2.24) is 4.72 Å². The normalized spacial score (nSPS) is 11.6. The molecule has 0 atom stereocenters. The van der Waals surface area contributed by atoms with Crippen molar-refractivity contribution >= 4 is 21.6 Å². The van der Waals surface area contributed by atoms with Gasteiger partial charge in [-0.2, -0.15) is 0 Å². The first kappa shape index (κ1) is 13.4. The molecule has 2 N–H and O–H groups in total. The molecule has 92 valence electrons. The van der Waals surface area contributed by atoms with Gasteiger partial charge in [0.15, 0.2) is 0 Å². The fourth-order valence-corrected chi connectivity index (χ4v) is 1.90. The number of rotatable bonds is 4. The Kier molecular flexibility index (Phi) is 4.42. The molecule has 0 spiro atoms. The molecule has 0 aliphatic heterocycles. The number of nitrogens with one attached hydrogen (secondary N) is 2. The van der Waals surface area contributed by atoms with E-state index in [2.05, 4.69) is 10.0 Å². The highest BCUT2D eigenvalue weighted by Gasteiger charge is 2.10. The summed E-state index contributed by atoms with van der Waals surface area (Å²) < 4.78 is 25.1. The third kappa shape index (κ3) is 3.69. The van der Waals surface area contributed by atoms with E-state index in [0.717, 1.165) is 0 Å². The highest BCUT2D eigenvalue weighted by atomic mass is 32.2. The van der Waals surface area contributed by atoms with Crippen molar-refractivity contribution in [3.05, 3.63) is 36.4 Å². The predicted molar refractivity (Wildman–Crippen MR) is 66.1 cm³/mol. The number of hydrogen-bond donors (Lipinski definition) is 2. The molecule has 0 saturated heterocycles. The van der Waals surface area contributed by atoms with Crippen molar-refractivity contribution in [3.8, 4) is 0 Å². The molecular weight excluding hydrogens is 240 g/mol. The highest BCUT2D eigenvalue weighted by Crippen LogP contribution is 2.13. The van der Waals surface area contributed by atoms with E-state index in [4.69, 9.17) is 0 Å². The summed E-state index contributed by atoms with van der Waals surface area (Å²) in [5.41, 5.74) is 0.545. The van der Waals surface area contributed by atoms with E-state index >= 15 is 0 Å². The molecule has 0 aliphatic rings. The molecule has 1 aromatic carbocycles. The van der Waals surface area contributed by atoms with Crippen LogP contribution in [0.15, 0.2) is 41.3 Å². The topological polar surface area (TPSA) is 75.3 Å². The molecule has 1 aromatic rings. The van der Waals surface area contributed by atoms with Gasteiger partial charge >= 0.3 is 0 Å². The third-order valence-electron chi connectivity index (χ3n) is 2.02. The fraction of sp³-hybridized carbons (Fsp3) is 0.182. The van der Waals surface area contributed by atoms with E-state index in [1.807, 2.05) is 0 Å². The molecule has 1 rings (SSSR count). The van der Waals surface area contributed by atoms with Gasteiger partial charge in [-0.15, -0.1) is 0 Å². The Balaban J connectivity index is 2.86. The molecule has 0 heterocycles. The minimum Gasteiger partial charge on any atom is -0.323 e. The zero-order chi connectivity index (χ0) is 12.9. The largest absolute Gasteiger partial charge is 0.323 e. The summed E-state index contributed by atoms with van der Waals surface area (Å²) >= 11 is 0. The minimum atomic E-state index is -3.43. The molecule has 0 fully saturated rings. The van der Waals surface area contributed by atoms with Crippen LogP contribution in [0.25, 0.3) is 0 Å². The lowest BCUT2D eigenvalue weighted by atomic mass is 10.3. The summed E-state index contributed by atoms with van der Waals surface area (Å²) in [5.74, 6) is -0.253. The smallest absolute Gasteiger partial charge is 0.248 e. The van der Waals surface area contributed by atoms with Crippen molar-refractivity contribution in [2.24, 2.45) is 0 Å². The van der Waals surface area contributed by atoms with Crippen molar-refractivity contribution in [2.75, 3.05) is 12.4 Å². The van der Waals surface area contributed by atoms with Crippen LogP contribution in [0.3, 0.4) is 0 Å².